The quantitative estimate of drug-likeness (QED) is 0.502. The molecule has 0 saturated heterocycles. The summed E-state index contributed by atoms with van der Waals surface area (Å²) in [5.74, 6) is -3.12. The number of Topliss-reactive ketones (excluding diaryl/α,β-unsaturated/α-hetero) is 1. The Morgan fingerprint density at radius 2 is 1.88 bits per heavy atom. The van der Waals surface area contributed by atoms with Gasteiger partial charge in [0.05, 0.1) is 17.7 Å². The first kappa shape index (κ1) is 17.1. The van der Waals surface area contributed by atoms with Gasteiger partial charge < -0.3 is 10.5 Å². The molecule has 0 radical (unpaired) electrons. The van der Waals surface area contributed by atoms with Crippen molar-refractivity contribution in [2.24, 2.45) is 5.73 Å². The number of carbonyl (C=O) groups is 4. The second kappa shape index (κ2) is 6.30. The van der Waals surface area contributed by atoms with Crippen molar-refractivity contribution in [3.8, 4) is 0 Å². The Kier molecular flexibility index (Phi) is 4.32. The standard InChI is InChI=1S/C16H11ClN2O5S/c1-24-15(22)11-5-4-10(25-11)13(20)12-8-6-7(17)2-3-9(8)19(14(12)21)16(18)23/h2-6,12H,1H3,(H2,18,23). The van der Waals surface area contributed by atoms with Gasteiger partial charge in [0.2, 0.25) is 0 Å². The average Bonchev–Trinajstić information content (AvgIpc) is 3.15. The van der Waals surface area contributed by atoms with Gasteiger partial charge in [0.15, 0.2) is 5.78 Å². The predicted molar refractivity (Wildman–Crippen MR) is 91.3 cm³/mol. The Morgan fingerprint density at radius 3 is 2.52 bits per heavy atom. The van der Waals surface area contributed by atoms with Crippen molar-refractivity contribution in [2.45, 2.75) is 5.92 Å². The number of halogens is 1. The lowest BCUT2D eigenvalue weighted by atomic mass is 9.95. The molecule has 7 nitrogen and oxygen atoms in total. The van der Waals surface area contributed by atoms with Crippen molar-refractivity contribution in [1.82, 2.24) is 0 Å². The van der Waals surface area contributed by atoms with Crippen LogP contribution in [0.4, 0.5) is 10.5 Å². The maximum Gasteiger partial charge on any atom is 0.348 e. The van der Waals surface area contributed by atoms with Gasteiger partial charge in [-0.05, 0) is 35.9 Å². The monoisotopic (exact) mass is 378 g/mol. The number of rotatable bonds is 3. The fourth-order valence-corrected chi connectivity index (χ4v) is 3.72. The Bertz CT molecular complexity index is 923. The second-order valence-electron chi connectivity index (χ2n) is 5.17. The van der Waals surface area contributed by atoms with Crippen molar-refractivity contribution in [3.05, 3.63) is 50.7 Å². The number of nitrogens with two attached hydrogens (primary N) is 1. The molecular formula is C16H11ClN2O5S. The number of imide groups is 1. The third kappa shape index (κ3) is 2.79. The number of nitrogens with zero attached hydrogens (tertiary/aromatic N) is 1. The van der Waals surface area contributed by atoms with Crippen molar-refractivity contribution in [3.63, 3.8) is 0 Å². The SMILES string of the molecule is COC(=O)c1ccc(C(=O)C2C(=O)N(C(N)=O)c3ccc(Cl)cc32)s1. The van der Waals surface area contributed by atoms with Gasteiger partial charge in [-0.2, -0.15) is 0 Å². The minimum atomic E-state index is -1.25. The van der Waals surface area contributed by atoms with Gasteiger partial charge in [-0.3, -0.25) is 9.59 Å². The molecule has 2 N–H and O–H groups in total. The molecule has 3 amide bonds. The number of carbonyl (C=O) groups excluding carboxylic acids is 4. The van der Waals surface area contributed by atoms with Crippen LogP contribution in [0.2, 0.25) is 5.02 Å². The Morgan fingerprint density at radius 1 is 1.20 bits per heavy atom. The lowest BCUT2D eigenvalue weighted by molar-refractivity contribution is -0.117. The van der Waals surface area contributed by atoms with E-state index in [1.807, 2.05) is 0 Å². The van der Waals surface area contributed by atoms with Crippen LogP contribution in [0.15, 0.2) is 30.3 Å². The highest BCUT2D eigenvalue weighted by atomic mass is 35.5. The van der Waals surface area contributed by atoms with E-state index < -0.39 is 29.6 Å². The third-order valence-electron chi connectivity index (χ3n) is 3.73. The van der Waals surface area contributed by atoms with Crippen LogP contribution in [0.5, 0.6) is 0 Å². The van der Waals surface area contributed by atoms with Crippen LogP contribution in [0.3, 0.4) is 0 Å². The number of ketones is 1. The van der Waals surface area contributed by atoms with E-state index in [9.17, 15) is 19.2 Å². The van der Waals surface area contributed by atoms with Gasteiger partial charge in [-0.25, -0.2) is 14.5 Å². The summed E-state index contributed by atoms with van der Waals surface area (Å²) >= 11 is 6.87. The summed E-state index contributed by atoms with van der Waals surface area (Å²) in [6.07, 6.45) is 0. The van der Waals surface area contributed by atoms with Gasteiger partial charge in [0, 0.05) is 5.02 Å². The fourth-order valence-electron chi connectivity index (χ4n) is 2.64. The zero-order valence-electron chi connectivity index (χ0n) is 12.8. The van der Waals surface area contributed by atoms with Gasteiger partial charge in [0.1, 0.15) is 10.8 Å². The highest BCUT2D eigenvalue weighted by Crippen LogP contribution is 2.41. The zero-order valence-corrected chi connectivity index (χ0v) is 14.4. The van der Waals surface area contributed by atoms with Crippen LogP contribution in [0, 0.1) is 0 Å². The number of amides is 3. The molecule has 1 aliphatic heterocycles. The van der Waals surface area contributed by atoms with E-state index in [1.165, 1.54) is 37.4 Å². The highest BCUT2D eigenvalue weighted by molar-refractivity contribution is 7.16. The topological polar surface area (TPSA) is 107 Å². The molecule has 1 aromatic heterocycles. The predicted octanol–water partition coefficient (Wildman–Crippen LogP) is 2.58. The van der Waals surface area contributed by atoms with E-state index in [0.717, 1.165) is 16.2 Å². The number of thiophene rings is 1. The first-order valence-electron chi connectivity index (χ1n) is 7.00. The molecule has 2 heterocycles. The zero-order chi connectivity index (χ0) is 18.3. The third-order valence-corrected chi connectivity index (χ3v) is 5.04. The van der Waals surface area contributed by atoms with Gasteiger partial charge in [0.25, 0.3) is 5.91 Å². The van der Waals surface area contributed by atoms with Crippen LogP contribution in [-0.2, 0) is 9.53 Å². The summed E-state index contributed by atoms with van der Waals surface area (Å²) in [7, 11) is 1.23. The number of hydrogen-bond donors (Lipinski definition) is 1. The minimum absolute atomic E-state index is 0.191. The fraction of sp³-hybridized carbons (Fsp3) is 0.125. The molecule has 1 atom stereocenters. The summed E-state index contributed by atoms with van der Waals surface area (Å²) in [6.45, 7) is 0. The first-order chi connectivity index (χ1) is 11.8. The number of fused-ring (bicyclic) bond motifs is 1. The number of benzene rings is 1. The molecule has 128 valence electrons. The van der Waals surface area contributed by atoms with Crippen molar-refractivity contribution >= 4 is 52.3 Å². The van der Waals surface area contributed by atoms with Crippen molar-refractivity contribution in [2.75, 3.05) is 12.0 Å². The smallest absolute Gasteiger partial charge is 0.348 e. The van der Waals surface area contributed by atoms with Crippen molar-refractivity contribution < 1.29 is 23.9 Å². The van der Waals surface area contributed by atoms with Gasteiger partial charge in [-0.1, -0.05) is 11.6 Å². The van der Waals surface area contributed by atoms with Crippen LogP contribution in [0.25, 0.3) is 0 Å². The number of methoxy groups -OCH3 is 1. The van der Waals surface area contributed by atoms with E-state index >= 15 is 0 Å². The number of esters is 1. The van der Waals surface area contributed by atoms with E-state index in [1.54, 1.807) is 0 Å². The van der Waals surface area contributed by atoms with E-state index in [2.05, 4.69) is 4.74 Å². The van der Waals surface area contributed by atoms with E-state index in [4.69, 9.17) is 17.3 Å². The Labute approximate surface area is 150 Å². The molecule has 1 unspecified atom stereocenters. The van der Waals surface area contributed by atoms with Crippen molar-refractivity contribution in [1.29, 1.82) is 0 Å². The van der Waals surface area contributed by atoms with E-state index in [-0.39, 0.29) is 15.4 Å². The number of anilines is 1. The maximum absolute atomic E-state index is 12.8. The summed E-state index contributed by atoms with van der Waals surface area (Å²) < 4.78 is 4.60. The highest BCUT2D eigenvalue weighted by Gasteiger charge is 2.44. The van der Waals surface area contributed by atoms with Crippen LogP contribution < -0.4 is 10.6 Å². The largest absolute Gasteiger partial charge is 0.465 e. The molecule has 0 bridgehead atoms. The molecule has 0 fully saturated rings. The lowest BCUT2D eigenvalue weighted by Crippen LogP contribution is -2.40. The Balaban J connectivity index is 2.05. The second-order valence-corrected chi connectivity index (χ2v) is 6.69. The minimum Gasteiger partial charge on any atom is -0.465 e. The van der Waals surface area contributed by atoms with Crippen LogP contribution in [0.1, 0.15) is 30.8 Å². The molecule has 9 heteroatoms. The molecule has 1 aromatic carbocycles. The molecule has 3 rings (SSSR count). The molecule has 0 saturated carbocycles. The molecular weight excluding hydrogens is 368 g/mol. The number of urea groups is 1. The summed E-state index contributed by atoms with van der Waals surface area (Å²) in [4.78, 5) is 49.8. The molecule has 0 spiro atoms. The molecule has 0 aliphatic carbocycles. The summed E-state index contributed by atoms with van der Waals surface area (Å²) in [5.41, 5.74) is 5.79. The summed E-state index contributed by atoms with van der Waals surface area (Å²) in [6, 6.07) is 6.30. The van der Waals surface area contributed by atoms with Crippen LogP contribution in [-0.4, -0.2) is 30.8 Å². The van der Waals surface area contributed by atoms with Crippen LogP contribution >= 0.6 is 22.9 Å². The number of ether oxygens (including phenoxy) is 1. The maximum atomic E-state index is 12.8. The Hall–Kier alpha value is -2.71. The van der Waals surface area contributed by atoms with Gasteiger partial charge >= 0.3 is 12.0 Å². The molecule has 1 aliphatic rings. The normalized spacial score (nSPS) is 15.8. The molecule has 2 aromatic rings. The van der Waals surface area contributed by atoms with Gasteiger partial charge in [-0.15, -0.1) is 11.3 Å². The first-order valence-corrected chi connectivity index (χ1v) is 8.19. The number of primary amides is 1. The lowest BCUT2D eigenvalue weighted by Gasteiger charge is -2.12. The molecule has 25 heavy (non-hydrogen) atoms. The van der Waals surface area contributed by atoms with E-state index in [0.29, 0.717) is 10.6 Å². The number of hydrogen-bond acceptors (Lipinski definition) is 6. The summed E-state index contributed by atoms with van der Waals surface area (Å²) in [5, 5.41) is 0.317. The average molecular weight is 379 g/mol.